The number of amides is 2. The Bertz CT molecular complexity index is 1190. The van der Waals surface area contributed by atoms with Crippen molar-refractivity contribution in [1.29, 1.82) is 0 Å². The van der Waals surface area contributed by atoms with Crippen molar-refractivity contribution in [3.63, 3.8) is 0 Å². The van der Waals surface area contributed by atoms with Gasteiger partial charge in [0, 0.05) is 17.8 Å². The third-order valence-corrected chi connectivity index (χ3v) is 6.44. The molecule has 0 saturated carbocycles. The third-order valence-electron chi connectivity index (χ3n) is 5.18. The standard InChI is InChI=1S/C24H27ClFN5O3S/c1-5-31-22(21(14(2)3)28-23(33)15-6-9-17(34-4)10-7-15)29-30-24(31)35-13-20(32)27-16-8-11-19(26)18(25)12-16/h6-12,14,21H,5,13H2,1-4H3,(H,27,32)(H,28,33)/t21-/m1/s1. The van der Waals surface area contributed by atoms with E-state index in [1.807, 2.05) is 25.3 Å². The molecule has 0 saturated heterocycles. The van der Waals surface area contributed by atoms with E-state index in [9.17, 15) is 14.0 Å². The molecule has 0 fully saturated rings. The first-order chi connectivity index (χ1) is 16.7. The Morgan fingerprint density at radius 2 is 1.89 bits per heavy atom. The SMILES string of the molecule is CCn1c(SCC(=O)Nc2ccc(F)c(Cl)c2)nnc1[C@H](NC(=O)c1ccc(OC)cc1)C(C)C. The predicted octanol–water partition coefficient (Wildman–Crippen LogP) is 4.96. The summed E-state index contributed by atoms with van der Waals surface area (Å²) in [7, 11) is 1.57. The zero-order valence-corrected chi connectivity index (χ0v) is 21.4. The highest BCUT2D eigenvalue weighted by Crippen LogP contribution is 2.26. The van der Waals surface area contributed by atoms with Gasteiger partial charge in [-0.15, -0.1) is 10.2 Å². The number of ether oxygens (including phenoxy) is 1. The summed E-state index contributed by atoms with van der Waals surface area (Å²) in [4.78, 5) is 25.3. The number of halogens is 2. The number of methoxy groups -OCH3 is 1. The Balaban J connectivity index is 1.70. The summed E-state index contributed by atoms with van der Waals surface area (Å²) in [6.07, 6.45) is 0. The summed E-state index contributed by atoms with van der Waals surface area (Å²) in [6, 6.07) is 10.5. The molecule has 35 heavy (non-hydrogen) atoms. The lowest BCUT2D eigenvalue weighted by molar-refractivity contribution is -0.113. The molecule has 0 radical (unpaired) electrons. The molecule has 1 aromatic heterocycles. The molecule has 3 rings (SSSR count). The van der Waals surface area contributed by atoms with Crippen molar-refractivity contribution in [2.24, 2.45) is 5.92 Å². The zero-order valence-electron chi connectivity index (χ0n) is 19.8. The fourth-order valence-electron chi connectivity index (χ4n) is 3.33. The van der Waals surface area contributed by atoms with Gasteiger partial charge in [0.15, 0.2) is 11.0 Å². The molecule has 0 aliphatic heterocycles. The molecule has 2 amide bonds. The molecule has 0 unspecified atom stereocenters. The second-order valence-corrected chi connectivity index (χ2v) is 9.32. The zero-order chi connectivity index (χ0) is 25.5. The van der Waals surface area contributed by atoms with Crippen LogP contribution in [-0.2, 0) is 11.3 Å². The predicted molar refractivity (Wildman–Crippen MR) is 134 cm³/mol. The quantitative estimate of drug-likeness (QED) is 0.367. The highest BCUT2D eigenvalue weighted by molar-refractivity contribution is 7.99. The van der Waals surface area contributed by atoms with Crippen LogP contribution in [0.15, 0.2) is 47.6 Å². The van der Waals surface area contributed by atoms with Crippen LogP contribution >= 0.6 is 23.4 Å². The summed E-state index contributed by atoms with van der Waals surface area (Å²) < 4.78 is 20.4. The summed E-state index contributed by atoms with van der Waals surface area (Å²) >= 11 is 6.99. The van der Waals surface area contributed by atoms with Crippen LogP contribution < -0.4 is 15.4 Å². The minimum absolute atomic E-state index is 0.0380. The highest BCUT2D eigenvalue weighted by atomic mass is 35.5. The molecule has 8 nitrogen and oxygen atoms in total. The van der Waals surface area contributed by atoms with Gasteiger partial charge in [-0.3, -0.25) is 9.59 Å². The maximum atomic E-state index is 13.3. The van der Waals surface area contributed by atoms with Crippen molar-refractivity contribution in [1.82, 2.24) is 20.1 Å². The van der Waals surface area contributed by atoms with E-state index in [-0.39, 0.29) is 34.5 Å². The van der Waals surface area contributed by atoms with Crippen molar-refractivity contribution < 1.29 is 18.7 Å². The first-order valence-electron chi connectivity index (χ1n) is 11.0. The molecule has 1 atom stereocenters. The van der Waals surface area contributed by atoms with E-state index in [4.69, 9.17) is 16.3 Å². The largest absolute Gasteiger partial charge is 0.497 e. The molecule has 0 spiro atoms. The van der Waals surface area contributed by atoms with Crippen molar-refractivity contribution in [3.05, 3.63) is 64.7 Å². The molecular formula is C24H27ClFN5O3S. The number of anilines is 1. The van der Waals surface area contributed by atoms with Gasteiger partial charge in [-0.1, -0.05) is 37.2 Å². The number of benzene rings is 2. The number of thioether (sulfide) groups is 1. The Morgan fingerprint density at radius 3 is 2.49 bits per heavy atom. The second kappa shape index (κ2) is 12.0. The van der Waals surface area contributed by atoms with Crippen LogP contribution in [-0.4, -0.2) is 39.4 Å². The molecule has 3 aromatic rings. The maximum absolute atomic E-state index is 13.3. The summed E-state index contributed by atoms with van der Waals surface area (Å²) in [5.74, 6) is 0.301. The third kappa shape index (κ3) is 6.73. The molecule has 2 aromatic carbocycles. The topological polar surface area (TPSA) is 98.1 Å². The molecule has 2 N–H and O–H groups in total. The molecule has 0 aliphatic carbocycles. The fourth-order valence-corrected chi connectivity index (χ4v) is 4.32. The maximum Gasteiger partial charge on any atom is 0.251 e. The summed E-state index contributed by atoms with van der Waals surface area (Å²) in [5, 5.41) is 14.8. The number of carbonyl (C=O) groups excluding carboxylic acids is 2. The number of rotatable bonds is 10. The van der Waals surface area contributed by atoms with Crippen LogP contribution in [0.4, 0.5) is 10.1 Å². The molecule has 11 heteroatoms. The van der Waals surface area contributed by atoms with Gasteiger partial charge in [0.05, 0.1) is 23.9 Å². The van der Waals surface area contributed by atoms with Crippen molar-refractivity contribution in [3.8, 4) is 5.75 Å². The lowest BCUT2D eigenvalue weighted by atomic mass is 10.0. The number of hydrogen-bond donors (Lipinski definition) is 2. The number of nitrogens with zero attached hydrogens (tertiary/aromatic N) is 3. The van der Waals surface area contributed by atoms with Crippen molar-refractivity contribution in [2.75, 3.05) is 18.2 Å². The average molecular weight is 520 g/mol. The van der Waals surface area contributed by atoms with Crippen LogP contribution in [0.1, 0.15) is 43.0 Å². The normalized spacial score (nSPS) is 11.9. The molecule has 0 aliphatic rings. The molecule has 0 bridgehead atoms. The smallest absolute Gasteiger partial charge is 0.251 e. The van der Waals surface area contributed by atoms with Crippen LogP contribution in [0.5, 0.6) is 5.75 Å². The lowest BCUT2D eigenvalue weighted by Gasteiger charge is -2.22. The van der Waals surface area contributed by atoms with Gasteiger partial charge < -0.3 is 19.9 Å². The Hall–Kier alpha value is -3.11. The van der Waals surface area contributed by atoms with Crippen LogP contribution in [0, 0.1) is 11.7 Å². The monoisotopic (exact) mass is 519 g/mol. The van der Waals surface area contributed by atoms with E-state index in [1.165, 1.54) is 30.0 Å². The van der Waals surface area contributed by atoms with E-state index < -0.39 is 5.82 Å². The van der Waals surface area contributed by atoms with Crippen LogP contribution in [0.25, 0.3) is 0 Å². The van der Waals surface area contributed by atoms with Gasteiger partial charge in [-0.2, -0.15) is 0 Å². The Morgan fingerprint density at radius 1 is 1.17 bits per heavy atom. The molecule has 1 heterocycles. The molecule has 186 valence electrons. The van der Waals surface area contributed by atoms with Crippen molar-refractivity contribution in [2.45, 2.75) is 38.5 Å². The van der Waals surface area contributed by atoms with E-state index in [0.717, 1.165) is 0 Å². The highest BCUT2D eigenvalue weighted by Gasteiger charge is 2.26. The summed E-state index contributed by atoms with van der Waals surface area (Å²) in [6.45, 7) is 6.48. The number of hydrogen-bond acceptors (Lipinski definition) is 6. The van der Waals surface area contributed by atoms with E-state index >= 15 is 0 Å². The van der Waals surface area contributed by atoms with Gasteiger partial charge >= 0.3 is 0 Å². The average Bonchev–Trinajstić information content (AvgIpc) is 3.25. The van der Waals surface area contributed by atoms with E-state index in [1.54, 1.807) is 31.4 Å². The van der Waals surface area contributed by atoms with E-state index in [0.29, 0.717) is 34.5 Å². The minimum atomic E-state index is -0.554. The van der Waals surface area contributed by atoms with Gasteiger partial charge in [0.25, 0.3) is 5.91 Å². The minimum Gasteiger partial charge on any atom is -0.497 e. The summed E-state index contributed by atoms with van der Waals surface area (Å²) in [5.41, 5.74) is 0.909. The number of carbonyl (C=O) groups is 2. The van der Waals surface area contributed by atoms with Crippen LogP contribution in [0.3, 0.4) is 0 Å². The first-order valence-corrected chi connectivity index (χ1v) is 12.4. The first kappa shape index (κ1) is 26.5. The van der Waals surface area contributed by atoms with Crippen molar-refractivity contribution >= 4 is 40.9 Å². The van der Waals surface area contributed by atoms with Gasteiger partial charge in [-0.25, -0.2) is 4.39 Å². The fraction of sp³-hybridized carbons (Fsp3) is 0.333. The lowest BCUT2D eigenvalue weighted by Crippen LogP contribution is -2.33. The number of nitrogens with one attached hydrogen (secondary N) is 2. The van der Waals surface area contributed by atoms with E-state index in [2.05, 4.69) is 20.8 Å². The van der Waals surface area contributed by atoms with Gasteiger partial charge in [0.2, 0.25) is 5.91 Å². The van der Waals surface area contributed by atoms with Gasteiger partial charge in [0.1, 0.15) is 11.6 Å². The van der Waals surface area contributed by atoms with Crippen LogP contribution in [0.2, 0.25) is 5.02 Å². The number of aromatic nitrogens is 3. The van der Waals surface area contributed by atoms with Gasteiger partial charge in [-0.05, 0) is 55.3 Å². The Kier molecular flexibility index (Phi) is 9.11. The Labute approximate surface area is 212 Å². The molecular weight excluding hydrogens is 493 g/mol. The second-order valence-electron chi connectivity index (χ2n) is 7.97.